The van der Waals surface area contributed by atoms with Gasteiger partial charge in [0.25, 0.3) is 0 Å². The molecule has 2 aliphatic heterocycles. The molecule has 0 radical (unpaired) electrons. The molecule has 1 N–H and O–H groups in total. The first-order valence-electron chi connectivity index (χ1n) is 10.8. The van der Waals surface area contributed by atoms with E-state index in [9.17, 15) is 31.1 Å². The van der Waals surface area contributed by atoms with E-state index >= 15 is 4.39 Å². The smallest absolute Gasteiger partial charge is 0.335 e. The number of hydrogen-bond acceptors (Lipinski definition) is 4. The van der Waals surface area contributed by atoms with Gasteiger partial charge in [-0.15, -0.1) is 0 Å². The van der Waals surface area contributed by atoms with E-state index in [1.165, 1.54) is 17.0 Å². The Morgan fingerprint density at radius 3 is 2.36 bits per heavy atom. The van der Waals surface area contributed by atoms with Gasteiger partial charge in [-0.2, -0.15) is 26.3 Å². The van der Waals surface area contributed by atoms with E-state index in [2.05, 4.69) is 10.5 Å². The number of likely N-dealkylation sites (tertiary alicyclic amines) is 1. The molecule has 1 aromatic heterocycles. The molecule has 1 saturated heterocycles. The molecule has 0 spiro atoms. The molecule has 1 amide bonds. The number of halogens is 8. The fraction of sp³-hybridized carbons (Fsp3) is 0.391. The Morgan fingerprint density at radius 1 is 1.11 bits per heavy atom. The summed E-state index contributed by atoms with van der Waals surface area (Å²) >= 11 is 5.55. The maximum absolute atomic E-state index is 15.1. The lowest BCUT2D eigenvalue weighted by molar-refractivity contribution is -0.269. The molecule has 1 atom stereocenters. The van der Waals surface area contributed by atoms with Crippen molar-refractivity contribution in [3.8, 4) is 0 Å². The van der Waals surface area contributed by atoms with Gasteiger partial charge in [0, 0.05) is 23.2 Å². The summed E-state index contributed by atoms with van der Waals surface area (Å²) in [6.07, 6.45) is -6.84. The third-order valence-corrected chi connectivity index (χ3v) is 6.78. The number of carbonyl (C=O) groups excluding carboxylic acids is 1. The highest BCUT2D eigenvalue weighted by atomic mass is 35.5. The number of hydroxylamine groups is 1. The van der Waals surface area contributed by atoms with Gasteiger partial charge >= 0.3 is 12.4 Å². The van der Waals surface area contributed by atoms with Gasteiger partial charge in [-0.25, -0.2) is 4.39 Å². The van der Waals surface area contributed by atoms with E-state index in [-0.39, 0.29) is 47.9 Å². The highest BCUT2D eigenvalue weighted by molar-refractivity contribution is 6.31. The molecule has 3 heterocycles. The number of nitrogens with zero attached hydrogens (tertiary/aromatic N) is 2. The Hall–Kier alpha value is -2.86. The fourth-order valence-corrected chi connectivity index (χ4v) is 4.47. The van der Waals surface area contributed by atoms with Crippen molar-refractivity contribution < 1.29 is 40.4 Å². The molecule has 36 heavy (non-hydrogen) atoms. The number of aromatic nitrogens is 1. The highest BCUT2D eigenvalue weighted by Gasteiger charge is 2.60. The Bertz CT molecular complexity index is 1240. The van der Waals surface area contributed by atoms with Crippen molar-refractivity contribution in [2.24, 2.45) is 5.92 Å². The number of rotatable bonds is 4. The third-order valence-electron chi connectivity index (χ3n) is 6.45. The van der Waals surface area contributed by atoms with Crippen LogP contribution in [0.25, 0.3) is 5.70 Å². The van der Waals surface area contributed by atoms with Crippen LogP contribution in [0.5, 0.6) is 0 Å². The van der Waals surface area contributed by atoms with Crippen LogP contribution in [0.4, 0.5) is 30.7 Å². The molecule has 192 valence electrons. The number of pyridine rings is 1. The van der Waals surface area contributed by atoms with Gasteiger partial charge in [-0.05, 0) is 43.2 Å². The normalized spacial score (nSPS) is 23.7. The second-order valence-electron chi connectivity index (χ2n) is 9.05. The van der Waals surface area contributed by atoms with E-state index in [1.54, 1.807) is 0 Å². The molecule has 2 fully saturated rings. The number of hydrogen-bond donors (Lipinski definition) is 1. The highest BCUT2D eigenvalue weighted by Crippen LogP contribution is 2.49. The van der Waals surface area contributed by atoms with Crippen LogP contribution in [0.1, 0.15) is 35.2 Å². The zero-order chi connectivity index (χ0) is 26.1. The molecule has 1 aromatic carbocycles. The van der Waals surface area contributed by atoms with Gasteiger partial charge in [0.05, 0.1) is 35.1 Å². The molecular formula is C23H17ClF7N3O2. The zero-order valence-electron chi connectivity index (χ0n) is 18.2. The first-order chi connectivity index (χ1) is 16.7. The summed E-state index contributed by atoms with van der Waals surface area (Å²) < 4.78 is 97.3. The summed E-state index contributed by atoms with van der Waals surface area (Å²) in [6, 6.07) is 4.40. The lowest BCUT2D eigenvalue weighted by Gasteiger charge is -2.44. The van der Waals surface area contributed by atoms with Gasteiger partial charge in [-0.1, -0.05) is 17.7 Å². The molecule has 1 saturated carbocycles. The predicted molar refractivity (Wildman–Crippen MR) is 113 cm³/mol. The minimum atomic E-state index is -5.15. The first-order valence-corrected chi connectivity index (χ1v) is 11.2. The second-order valence-corrected chi connectivity index (χ2v) is 9.46. The standard InChI is InChI=1S/C23H17ClF7N3O2/c24-16-5-4-14(7-15(16)22(26,27)28)21(23(29,30)31)8-17(33-36-21)13-3-6-18(32-9-13)20(25)10-34(11-20)19(35)12-1-2-12/h3-9,12,33H,1-2,10-11H2. The van der Waals surface area contributed by atoms with Gasteiger partial charge < -0.3 is 4.90 Å². The number of nitrogens with one attached hydrogen (secondary N) is 1. The number of carbonyl (C=O) groups is 1. The monoisotopic (exact) mass is 535 g/mol. The van der Waals surface area contributed by atoms with Crippen molar-refractivity contribution in [1.29, 1.82) is 0 Å². The number of alkyl halides is 7. The van der Waals surface area contributed by atoms with Crippen molar-refractivity contribution >= 4 is 23.2 Å². The SMILES string of the molecule is O=C(C1CC1)N1CC(F)(c2ccc(C3=CC(c4ccc(Cl)c(C(F)(F)F)c4)(C(F)(F)F)ON3)cn2)C1. The summed E-state index contributed by atoms with van der Waals surface area (Å²) in [6.45, 7) is -0.317. The second kappa shape index (κ2) is 8.07. The zero-order valence-corrected chi connectivity index (χ0v) is 18.9. The molecule has 5 rings (SSSR count). The molecule has 5 nitrogen and oxygen atoms in total. The van der Waals surface area contributed by atoms with Gasteiger partial charge in [-0.3, -0.25) is 20.1 Å². The van der Waals surface area contributed by atoms with E-state index < -0.39 is 39.8 Å². The van der Waals surface area contributed by atoms with Crippen molar-refractivity contribution in [2.75, 3.05) is 13.1 Å². The van der Waals surface area contributed by atoms with Gasteiger partial charge in [0.2, 0.25) is 11.5 Å². The summed E-state index contributed by atoms with van der Waals surface area (Å²) in [5.41, 5.74) is -5.40. The Morgan fingerprint density at radius 2 is 1.81 bits per heavy atom. The van der Waals surface area contributed by atoms with Crippen LogP contribution in [-0.4, -0.2) is 35.1 Å². The molecule has 1 unspecified atom stereocenters. The van der Waals surface area contributed by atoms with Crippen LogP contribution >= 0.6 is 11.6 Å². The summed E-state index contributed by atoms with van der Waals surface area (Å²) in [4.78, 5) is 22.3. The maximum Gasteiger partial charge on any atom is 0.428 e. The maximum atomic E-state index is 15.1. The minimum absolute atomic E-state index is 0.0141. The van der Waals surface area contributed by atoms with E-state index in [0.717, 1.165) is 31.2 Å². The van der Waals surface area contributed by atoms with E-state index in [4.69, 9.17) is 16.4 Å². The molecule has 13 heteroatoms. The Labute approximate surface area is 204 Å². The van der Waals surface area contributed by atoms with Gasteiger partial charge in [0.15, 0.2) is 5.67 Å². The average Bonchev–Trinajstić information content (AvgIpc) is 3.53. The van der Waals surface area contributed by atoms with Gasteiger partial charge in [0.1, 0.15) is 0 Å². The summed E-state index contributed by atoms with van der Waals surface area (Å²) in [5, 5.41) is -0.757. The van der Waals surface area contributed by atoms with Crippen molar-refractivity contribution in [1.82, 2.24) is 15.4 Å². The van der Waals surface area contributed by atoms with E-state index in [0.29, 0.717) is 6.08 Å². The molecular weight excluding hydrogens is 519 g/mol. The quantitative estimate of drug-likeness (QED) is 0.525. The first kappa shape index (κ1) is 24.8. The van der Waals surface area contributed by atoms with Crippen molar-refractivity contribution in [3.05, 3.63) is 70.0 Å². The Kier molecular flexibility index (Phi) is 5.56. The largest absolute Gasteiger partial charge is 0.428 e. The molecule has 0 bridgehead atoms. The third kappa shape index (κ3) is 4.09. The molecule has 3 aliphatic rings. The number of amides is 1. The fourth-order valence-electron chi connectivity index (χ4n) is 4.24. The van der Waals surface area contributed by atoms with Crippen LogP contribution in [-0.2, 0) is 27.1 Å². The van der Waals surface area contributed by atoms with Crippen LogP contribution < -0.4 is 5.48 Å². The summed E-state index contributed by atoms with van der Waals surface area (Å²) in [5.74, 6) is -0.149. The molecule has 1 aliphatic carbocycles. The summed E-state index contributed by atoms with van der Waals surface area (Å²) in [7, 11) is 0. The predicted octanol–water partition coefficient (Wildman–Crippen LogP) is 5.50. The lowest BCUT2D eigenvalue weighted by Crippen LogP contribution is -2.59. The van der Waals surface area contributed by atoms with Crippen molar-refractivity contribution in [2.45, 2.75) is 36.5 Å². The Balaban J connectivity index is 1.42. The van der Waals surface area contributed by atoms with Crippen LogP contribution in [0.2, 0.25) is 5.02 Å². The topological polar surface area (TPSA) is 54.5 Å². The number of benzene rings is 1. The van der Waals surface area contributed by atoms with E-state index in [1.807, 2.05) is 0 Å². The van der Waals surface area contributed by atoms with Crippen LogP contribution in [0.3, 0.4) is 0 Å². The van der Waals surface area contributed by atoms with Crippen molar-refractivity contribution in [3.63, 3.8) is 0 Å². The van der Waals surface area contributed by atoms with Crippen LogP contribution in [0.15, 0.2) is 42.6 Å². The van der Waals surface area contributed by atoms with Crippen LogP contribution in [0, 0.1) is 5.92 Å². The minimum Gasteiger partial charge on any atom is -0.335 e. The average molecular weight is 536 g/mol. The molecule has 2 aromatic rings. The lowest BCUT2D eigenvalue weighted by atomic mass is 9.89.